The molecule has 37 heavy (non-hydrogen) atoms. The van der Waals surface area contributed by atoms with Crippen molar-refractivity contribution in [3.63, 3.8) is 0 Å². The lowest BCUT2D eigenvalue weighted by atomic mass is 9.88. The number of aryl methyl sites for hydroxylation is 2. The van der Waals surface area contributed by atoms with Crippen molar-refractivity contribution >= 4 is 45.1 Å². The number of pyridine rings is 1. The summed E-state index contributed by atoms with van der Waals surface area (Å²) in [4.78, 5) is 33.8. The third kappa shape index (κ3) is 5.57. The number of H-pyrrole nitrogens is 1. The van der Waals surface area contributed by atoms with E-state index in [9.17, 15) is 9.59 Å². The second-order valence-electron chi connectivity index (χ2n) is 10.3. The van der Waals surface area contributed by atoms with Gasteiger partial charge in [-0.05, 0) is 106 Å². The normalized spacial score (nSPS) is 17.9. The first kappa shape index (κ1) is 27.6. The summed E-state index contributed by atoms with van der Waals surface area (Å²) in [6.07, 6.45) is 7.29. The van der Waals surface area contributed by atoms with Crippen molar-refractivity contribution in [3.8, 4) is 0 Å². The molecule has 0 bridgehead atoms. The fraction of sp³-hybridized carbons (Fsp3) is 0.536. The second-order valence-corrected chi connectivity index (χ2v) is 11.5. The van der Waals surface area contributed by atoms with E-state index in [-0.39, 0.29) is 18.0 Å². The Bertz CT molecular complexity index is 1340. The largest absolute Gasteiger partial charge is 0.368 e. The van der Waals surface area contributed by atoms with E-state index >= 15 is 0 Å². The van der Waals surface area contributed by atoms with Crippen LogP contribution < -0.4 is 15.8 Å². The highest BCUT2D eigenvalue weighted by atomic mass is 127. The van der Waals surface area contributed by atoms with Crippen molar-refractivity contribution in [2.24, 2.45) is 7.05 Å². The lowest BCUT2D eigenvalue weighted by Crippen LogP contribution is -2.43. The average Bonchev–Trinajstić information content (AvgIpc) is 3.23. The first-order chi connectivity index (χ1) is 17.7. The number of hydrogen-bond donors (Lipinski definition) is 2. The minimum atomic E-state index is -0.161. The number of aromatic amines is 1. The molecule has 4 rings (SSSR count). The molecule has 200 valence electrons. The lowest BCUT2D eigenvalue weighted by Gasteiger charge is -2.40. The molecule has 8 nitrogen and oxygen atoms in total. The zero-order valence-corrected chi connectivity index (χ0v) is 25.0. The van der Waals surface area contributed by atoms with E-state index in [1.54, 1.807) is 0 Å². The molecule has 0 unspecified atom stereocenters. The smallest absolute Gasteiger partial charge is 0.253 e. The zero-order valence-electron chi connectivity index (χ0n) is 22.8. The summed E-state index contributed by atoms with van der Waals surface area (Å²) in [5.74, 6) is -0.161. The summed E-state index contributed by atoms with van der Waals surface area (Å²) < 4.78 is 2.63. The maximum Gasteiger partial charge on any atom is 0.253 e. The van der Waals surface area contributed by atoms with Gasteiger partial charge in [-0.25, -0.2) is 0 Å². The van der Waals surface area contributed by atoms with Crippen molar-refractivity contribution in [3.05, 3.63) is 54.6 Å². The van der Waals surface area contributed by atoms with E-state index < -0.39 is 0 Å². The number of hydrogen-bond acceptors (Lipinski definition) is 5. The molecule has 0 spiro atoms. The van der Waals surface area contributed by atoms with Crippen LogP contribution in [0.1, 0.15) is 66.6 Å². The van der Waals surface area contributed by atoms with Crippen molar-refractivity contribution in [1.82, 2.24) is 25.0 Å². The van der Waals surface area contributed by atoms with E-state index in [0.717, 1.165) is 57.2 Å². The Morgan fingerprint density at radius 1 is 1.16 bits per heavy atom. The molecule has 2 heterocycles. The Labute approximate surface area is 232 Å². The third-order valence-electron chi connectivity index (χ3n) is 7.95. The summed E-state index contributed by atoms with van der Waals surface area (Å²) in [5, 5.41) is 8.69. The number of nitrogens with one attached hydrogen (secondary N) is 2. The molecular formula is C28H39IN6O2. The Morgan fingerprint density at radius 2 is 1.84 bits per heavy atom. The number of aromatic nitrogens is 3. The van der Waals surface area contributed by atoms with Crippen LogP contribution in [0, 0.1) is 10.6 Å². The van der Waals surface area contributed by atoms with Crippen LogP contribution in [0.2, 0.25) is 0 Å². The predicted octanol–water partition coefficient (Wildman–Crippen LogP) is 4.37. The van der Waals surface area contributed by atoms with Crippen LogP contribution >= 0.6 is 22.6 Å². The maximum absolute atomic E-state index is 13.6. The summed E-state index contributed by atoms with van der Waals surface area (Å²) in [5.41, 5.74) is 5.09. The Hall–Kier alpha value is -2.40. The number of amides is 1. The lowest BCUT2D eigenvalue weighted by molar-refractivity contribution is 0.0950. The van der Waals surface area contributed by atoms with Crippen molar-refractivity contribution in [1.29, 1.82) is 0 Å². The van der Waals surface area contributed by atoms with Crippen LogP contribution in [0.15, 0.2) is 23.1 Å². The monoisotopic (exact) mass is 618 g/mol. The first-order valence-corrected chi connectivity index (χ1v) is 14.3. The fourth-order valence-electron chi connectivity index (χ4n) is 5.85. The van der Waals surface area contributed by atoms with Crippen LogP contribution in [0.3, 0.4) is 0 Å². The Balaban J connectivity index is 1.72. The van der Waals surface area contributed by atoms with E-state index in [2.05, 4.69) is 75.7 Å². The molecular weight excluding hydrogens is 579 g/mol. The summed E-state index contributed by atoms with van der Waals surface area (Å²) in [6.45, 7) is 7.28. The minimum Gasteiger partial charge on any atom is -0.368 e. The zero-order chi connectivity index (χ0) is 26.9. The second kappa shape index (κ2) is 11.6. The third-order valence-corrected chi connectivity index (χ3v) is 8.53. The predicted molar refractivity (Wildman–Crippen MR) is 159 cm³/mol. The molecule has 1 aromatic carbocycles. The van der Waals surface area contributed by atoms with E-state index in [4.69, 9.17) is 0 Å². The topological polar surface area (TPSA) is 86.3 Å². The van der Waals surface area contributed by atoms with Crippen LogP contribution in [0.5, 0.6) is 0 Å². The van der Waals surface area contributed by atoms with E-state index in [0.29, 0.717) is 23.2 Å². The van der Waals surface area contributed by atoms with Crippen molar-refractivity contribution in [2.45, 2.75) is 71.5 Å². The average molecular weight is 619 g/mol. The summed E-state index contributed by atoms with van der Waals surface area (Å²) in [7, 11) is 6.27. The number of benzene rings is 1. The number of carbonyl (C=O) groups excluding carboxylic acids is 1. The van der Waals surface area contributed by atoms with Gasteiger partial charge in [-0.1, -0.05) is 6.92 Å². The highest BCUT2D eigenvalue weighted by molar-refractivity contribution is 14.1. The number of rotatable bonds is 8. The number of nitrogens with zero attached hydrogens (tertiary/aromatic N) is 4. The molecule has 2 aromatic heterocycles. The van der Waals surface area contributed by atoms with Gasteiger partial charge >= 0.3 is 0 Å². The van der Waals surface area contributed by atoms with Gasteiger partial charge in [0.15, 0.2) is 0 Å². The quantitative estimate of drug-likeness (QED) is 0.290. The van der Waals surface area contributed by atoms with Crippen molar-refractivity contribution < 1.29 is 4.79 Å². The SMILES string of the molecule is CCc1c(C(=O)NCc2c(C)cc(I)[nH]c2=O)cc2c(cnn2C)c1N(CC)C1CCC(N(C)C)CC1. The molecule has 9 heteroatoms. The summed E-state index contributed by atoms with van der Waals surface area (Å²) >= 11 is 2.10. The maximum atomic E-state index is 13.6. The van der Waals surface area contributed by atoms with Crippen LogP contribution in [-0.2, 0) is 20.0 Å². The van der Waals surface area contributed by atoms with Gasteiger partial charge in [-0.15, -0.1) is 0 Å². The molecule has 1 aliphatic carbocycles. The molecule has 2 N–H and O–H groups in total. The standard InChI is InChI=1S/C28H39IN6O2/c1-7-20-21(27(36)30-15-22-17(3)13-25(29)32-28(22)37)14-24-23(16-31-34(24)6)26(20)35(8-2)19-11-9-18(10-12-19)33(4)5/h13-14,16,18-19H,7-12,15H2,1-6H3,(H,30,36)(H,32,37). The molecule has 1 fully saturated rings. The fourth-order valence-corrected chi connectivity index (χ4v) is 6.56. The molecule has 3 aromatic rings. The highest BCUT2D eigenvalue weighted by Gasteiger charge is 2.30. The van der Waals surface area contributed by atoms with Gasteiger partial charge in [0.2, 0.25) is 0 Å². The Morgan fingerprint density at radius 3 is 2.43 bits per heavy atom. The van der Waals surface area contributed by atoms with Crippen LogP contribution in [-0.4, -0.2) is 58.3 Å². The number of carbonyl (C=O) groups is 1. The van der Waals surface area contributed by atoms with Crippen molar-refractivity contribution in [2.75, 3.05) is 25.5 Å². The van der Waals surface area contributed by atoms with Gasteiger partial charge in [0, 0.05) is 48.7 Å². The summed E-state index contributed by atoms with van der Waals surface area (Å²) in [6, 6.07) is 4.94. The molecule has 0 atom stereocenters. The van der Waals surface area contributed by atoms with Gasteiger partial charge < -0.3 is 20.1 Å². The van der Waals surface area contributed by atoms with Crippen LogP contribution in [0.4, 0.5) is 5.69 Å². The van der Waals surface area contributed by atoms with E-state index in [1.807, 2.05) is 37.0 Å². The molecule has 0 radical (unpaired) electrons. The number of fused-ring (bicyclic) bond motifs is 1. The molecule has 1 aliphatic rings. The van der Waals surface area contributed by atoms with Gasteiger partial charge in [0.25, 0.3) is 11.5 Å². The minimum absolute atomic E-state index is 0.159. The van der Waals surface area contributed by atoms with Gasteiger partial charge in [0.1, 0.15) is 0 Å². The van der Waals surface area contributed by atoms with Gasteiger partial charge in [-0.3, -0.25) is 14.3 Å². The highest BCUT2D eigenvalue weighted by Crippen LogP contribution is 2.38. The van der Waals surface area contributed by atoms with Gasteiger partial charge in [-0.2, -0.15) is 5.10 Å². The number of anilines is 1. The first-order valence-electron chi connectivity index (χ1n) is 13.2. The molecule has 1 amide bonds. The van der Waals surface area contributed by atoms with Crippen LogP contribution in [0.25, 0.3) is 10.9 Å². The van der Waals surface area contributed by atoms with E-state index in [1.165, 1.54) is 12.8 Å². The molecule has 0 saturated heterocycles. The van der Waals surface area contributed by atoms with Gasteiger partial charge in [0.05, 0.1) is 21.1 Å². The number of halogens is 1. The molecule has 0 aliphatic heterocycles. The molecule has 1 saturated carbocycles. The Kier molecular flexibility index (Phi) is 8.63.